The van der Waals surface area contributed by atoms with Crippen LogP contribution in [0.1, 0.15) is 48.5 Å². The van der Waals surface area contributed by atoms with Crippen LogP contribution in [-0.4, -0.2) is 11.9 Å². The molecule has 70 valence electrons. The number of carbonyl (C=O) groups excluding carboxylic acids is 1. The van der Waals surface area contributed by atoms with Crippen LogP contribution in [0.4, 0.5) is 0 Å². The summed E-state index contributed by atoms with van der Waals surface area (Å²) in [7, 11) is 0. The molecule has 0 bridgehead atoms. The fraction of sp³-hybridized carbons (Fsp3) is 0.889. The maximum Gasteiger partial charge on any atom is 0.217 e. The lowest BCUT2D eigenvalue weighted by molar-refractivity contribution is -0.119. The van der Waals surface area contributed by atoms with Gasteiger partial charge in [-0.1, -0.05) is 27.7 Å². The van der Waals surface area contributed by atoms with Crippen LogP contribution in [-0.2, 0) is 4.79 Å². The van der Waals surface area contributed by atoms with Crippen molar-refractivity contribution < 1.29 is 4.79 Å². The molecule has 0 saturated heterocycles. The molecule has 0 saturated carbocycles. The quantitative estimate of drug-likeness (QED) is 0.629. The average molecular weight is 161 g/mol. The summed E-state index contributed by atoms with van der Waals surface area (Å²) in [6.45, 7) is 13.4. The zero-order chi connectivity index (χ0) is 9.86. The first-order chi connectivity index (χ1) is 5.13. The zero-order valence-corrected chi connectivity index (χ0v) is 8.99. The van der Waals surface area contributed by atoms with Gasteiger partial charge in [-0.2, -0.15) is 0 Å². The van der Waals surface area contributed by atoms with Crippen LogP contribution in [0, 0.1) is 0 Å². The third-order valence-electron chi connectivity index (χ3n) is 0.492. The monoisotopic (exact) mass is 161 g/mol. The average Bonchev–Trinajstić information content (AvgIpc) is 1.93. The number of rotatable bonds is 1. The summed E-state index contributed by atoms with van der Waals surface area (Å²) in [5, 5.41) is 2.67. The molecule has 2 nitrogen and oxygen atoms in total. The second-order valence-electron chi connectivity index (χ2n) is 1.86. The minimum atomic E-state index is 0.0370. The molecule has 11 heavy (non-hydrogen) atoms. The van der Waals surface area contributed by atoms with Gasteiger partial charge in [0.1, 0.15) is 0 Å². The van der Waals surface area contributed by atoms with Gasteiger partial charge in [0.05, 0.1) is 0 Å². The van der Waals surface area contributed by atoms with Crippen LogP contribution >= 0.6 is 0 Å². The summed E-state index contributed by atoms with van der Waals surface area (Å²) in [5.74, 6) is 0.0370. The summed E-state index contributed by atoms with van der Waals surface area (Å²) in [6.07, 6.45) is 0. The van der Waals surface area contributed by atoms with Gasteiger partial charge in [-0.05, 0) is 13.8 Å². The molecule has 0 fully saturated rings. The molecule has 0 aromatic carbocycles. The van der Waals surface area contributed by atoms with Crippen molar-refractivity contribution >= 4 is 5.91 Å². The van der Waals surface area contributed by atoms with E-state index in [1.807, 2.05) is 41.5 Å². The standard InChI is InChI=1S/C5H11NO.2C2H6/c1-4(2)6-5(3)7;2*1-2/h4H,1-3H3,(H,6,7);2*1-2H3. The van der Waals surface area contributed by atoms with E-state index in [1.165, 1.54) is 6.92 Å². The molecule has 0 atom stereocenters. The second kappa shape index (κ2) is 16.2. The highest BCUT2D eigenvalue weighted by atomic mass is 16.1. The van der Waals surface area contributed by atoms with E-state index in [4.69, 9.17) is 0 Å². The van der Waals surface area contributed by atoms with Gasteiger partial charge in [0.15, 0.2) is 0 Å². The van der Waals surface area contributed by atoms with Crippen LogP contribution in [0.5, 0.6) is 0 Å². The van der Waals surface area contributed by atoms with E-state index >= 15 is 0 Å². The van der Waals surface area contributed by atoms with Crippen LogP contribution < -0.4 is 5.32 Å². The molecule has 0 aliphatic carbocycles. The minimum absolute atomic E-state index is 0.0370. The number of carbonyl (C=O) groups is 1. The Hall–Kier alpha value is -0.530. The Morgan fingerprint density at radius 1 is 1.09 bits per heavy atom. The molecule has 0 unspecified atom stereocenters. The Kier molecular flexibility index (Phi) is 24.8. The predicted octanol–water partition coefficient (Wildman–Crippen LogP) is 2.58. The largest absolute Gasteiger partial charge is 0.354 e. The summed E-state index contributed by atoms with van der Waals surface area (Å²) in [5.41, 5.74) is 0. The van der Waals surface area contributed by atoms with Crippen molar-refractivity contribution in [3.63, 3.8) is 0 Å². The lowest BCUT2D eigenvalue weighted by atomic mass is 10.4. The molecule has 0 aliphatic heterocycles. The van der Waals surface area contributed by atoms with Crippen LogP contribution in [0.25, 0.3) is 0 Å². The van der Waals surface area contributed by atoms with Crippen molar-refractivity contribution in [3.05, 3.63) is 0 Å². The molecule has 0 aliphatic rings. The molecule has 1 amide bonds. The Morgan fingerprint density at radius 2 is 1.36 bits per heavy atom. The van der Waals surface area contributed by atoms with Crippen molar-refractivity contribution in [2.24, 2.45) is 0 Å². The maximum atomic E-state index is 10.1. The van der Waals surface area contributed by atoms with Gasteiger partial charge in [0.25, 0.3) is 0 Å². The Bertz CT molecular complexity index is 70.0. The normalized spacial score (nSPS) is 6.91. The first-order valence-electron chi connectivity index (χ1n) is 4.40. The van der Waals surface area contributed by atoms with Gasteiger partial charge in [-0.3, -0.25) is 4.79 Å². The topological polar surface area (TPSA) is 29.1 Å². The van der Waals surface area contributed by atoms with Crippen LogP contribution in [0.2, 0.25) is 0 Å². The van der Waals surface area contributed by atoms with Gasteiger partial charge >= 0.3 is 0 Å². The van der Waals surface area contributed by atoms with E-state index < -0.39 is 0 Å². The van der Waals surface area contributed by atoms with E-state index in [9.17, 15) is 4.79 Å². The first kappa shape index (κ1) is 16.8. The van der Waals surface area contributed by atoms with Gasteiger partial charge in [0, 0.05) is 13.0 Å². The number of amides is 1. The lowest BCUT2D eigenvalue weighted by Gasteiger charge is -2.02. The number of hydrogen-bond acceptors (Lipinski definition) is 1. The molecular formula is C9H23NO. The second-order valence-corrected chi connectivity index (χ2v) is 1.86. The molecule has 0 radical (unpaired) electrons. The van der Waals surface area contributed by atoms with Crippen LogP contribution in [0.15, 0.2) is 0 Å². The fourth-order valence-electron chi connectivity index (χ4n) is 0.407. The summed E-state index contributed by atoms with van der Waals surface area (Å²) in [4.78, 5) is 10.1. The highest BCUT2D eigenvalue weighted by Gasteiger charge is 1.90. The molecule has 0 rings (SSSR count). The molecular weight excluding hydrogens is 138 g/mol. The van der Waals surface area contributed by atoms with E-state index in [-0.39, 0.29) is 11.9 Å². The lowest BCUT2D eigenvalue weighted by Crippen LogP contribution is -2.27. The number of hydrogen-bond donors (Lipinski definition) is 1. The SMILES string of the molecule is CC.CC.CC(=O)NC(C)C. The zero-order valence-electron chi connectivity index (χ0n) is 8.99. The summed E-state index contributed by atoms with van der Waals surface area (Å²) in [6, 6.07) is 0.275. The Morgan fingerprint density at radius 3 is 1.36 bits per heavy atom. The fourth-order valence-corrected chi connectivity index (χ4v) is 0.407. The van der Waals surface area contributed by atoms with Gasteiger partial charge in [0.2, 0.25) is 5.91 Å². The summed E-state index contributed by atoms with van der Waals surface area (Å²) < 4.78 is 0. The molecule has 0 aromatic rings. The van der Waals surface area contributed by atoms with E-state index in [0.29, 0.717) is 0 Å². The predicted molar refractivity (Wildman–Crippen MR) is 51.6 cm³/mol. The van der Waals surface area contributed by atoms with Crippen molar-refractivity contribution in [1.29, 1.82) is 0 Å². The molecule has 0 aromatic heterocycles. The smallest absolute Gasteiger partial charge is 0.217 e. The van der Waals surface area contributed by atoms with Crippen molar-refractivity contribution in [2.75, 3.05) is 0 Å². The first-order valence-corrected chi connectivity index (χ1v) is 4.40. The van der Waals surface area contributed by atoms with Crippen molar-refractivity contribution in [3.8, 4) is 0 Å². The van der Waals surface area contributed by atoms with Gasteiger partial charge in [-0.25, -0.2) is 0 Å². The molecule has 0 heterocycles. The molecule has 2 heteroatoms. The highest BCUT2D eigenvalue weighted by Crippen LogP contribution is 1.72. The maximum absolute atomic E-state index is 10.1. The molecule has 1 N–H and O–H groups in total. The van der Waals surface area contributed by atoms with E-state index in [2.05, 4.69) is 5.32 Å². The van der Waals surface area contributed by atoms with E-state index in [0.717, 1.165) is 0 Å². The number of nitrogens with one attached hydrogen (secondary N) is 1. The molecule has 0 spiro atoms. The van der Waals surface area contributed by atoms with Crippen molar-refractivity contribution in [1.82, 2.24) is 5.32 Å². The Labute approximate surface area is 71.4 Å². The van der Waals surface area contributed by atoms with Crippen molar-refractivity contribution in [2.45, 2.75) is 54.5 Å². The van der Waals surface area contributed by atoms with Crippen LogP contribution in [0.3, 0.4) is 0 Å². The third kappa shape index (κ3) is 43.9. The van der Waals surface area contributed by atoms with E-state index in [1.54, 1.807) is 0 Å². The third-order valence-corrected chi connectivity index (χ3v) is 0.492. The minimum Gasteiger partial charge on any atom is -0.354 e. The summed E-state index contributed by atoms with van der Waals surface area (Å²) >= 11 is 0. The van der Waals surface area contributed by atoms with Gasteiger partial charge in [-0.15, -0.1) is 0 Å². The highest BCUT2D eigenvalue weighted by molar-refractivity contribution is 5.73. The Balaban J connectivity index is -0.000000138. The van der Waals surface area contributed by atoms with Gasteiger partial charge < -0.3 is 5.32 Å².